The van der Waals surface area contributed by atoms with Crippen molar-refractivity contribution >= 4 is 35.0 Å². The van der Waals surface area contributed by atoms with Crippen LogP contribution < -0.4 is 0 Å². The third-order valence-corrected chi connectivity index (χ3v) is 6.04. The Morgan fingerprint density at radius 3 is 2.88 bits per heavy atom. The molecule has 1 amide bonds. The normalized spacial score (nSPS) is 19.8. The van der Waals surface area contributed by atoms with Gasteiger partial charge in [-0.25, -0.2) is 9.78 Å². The van der Waals surface area contributed by atoms with Crippen LogP contribution >= 0.6 is 23.1 Å². The predicted molar refractivity (Wildman–Crippen MR) is 99.1 cm³/mol. The number of carbonyl (C=O) groups is 2. The van der Waals surface area contributed by atoms with Gasteiger partial charge >= 0.3 is 5.97 Å². The van der Waals surface area contributed by atoms with Crippen molar-refractivity contribution < 1.29 is 19.8 Å². The highest BCUT2D eigenvalue weighted by Crippen LogP contribution is 2.26. The zero-order chi connectivity index (χ0) is 18.6. The van der Waals surface area contributed by atoms with Gasteiger partial charge in [-0.15, -0.1) is 11.3 Å². The van der Waals surface area contributed by atoms with Crippen LogP contribution in [0.1, 0.15) is 44.1 Å². The fraction of sp³-hybridized carbons (Fsp3) is 0.588. The molecule has 1 aromatic rings. The van der Waals surface area contributed by atoms with E-state index < -0.39 is 12.1 Å². The van der Waals surface area contributed by atoms with Crippen LogP contribution in [0.15, 0.2) is 21.9 Å². The van der Waals surface area contributed by atoms with Gasteiger partial charge < -0.3 is 15.1 Å². The number of hydrogen-bond donors (Lipinski definition) is 2. The van der Waals surface area contributed by atoms with E-state index in [1.54, 1.807) is 6.08 Å². The lowest BCUT2D eigenvalue weighted by atomic mass is 9.88. The molecule has 0 aromatic carbocycles. The summed E-state index contributed by atoms with van der Waals surface area (Å²) in [6.45, 7) is 6.48. The van der Waals surface area contributed by atoms with Crippen LogP contribution in [-0.2, 0) is 4.79 Å². The molecule has 1 fully saturated rings. The van der Waals surface area contributed by atoms with E-state index in [1.165, 1.54) is 28.5 Å². The van der Waals surface area contributed by atoms with Crippen LogP contribution in [0.5, 0.6) is 0 Å². The smallest absolute Gasteiger partial charge is 0.355 e. The maximum atomic E-state index is 12.1. The second-order valence-corrected chi connectivity index (χ2v) is 9.24. The number of aromatic carboxylic acids is 1. The summed E-state index contributed by atoms with van der Waals surface area (Å²) >= 11 is 2.75. The van der Waals surface area contributed by atoms with Crippen molar-refractivity contribution in [2.45, 2.75) is 50.1 Å². The Labute approximate surface area is 155 Å². The van der Waals surface area contributed by atoms with Gasteiger partial charge in [-0.05, 0) is 11.8 Å². The van der Waals surface area contributed by atoms with Gasteiger partial charge in [0, 0.05) is 24.1 Å². The zero-order valence-electron chi connectivity index (χ0n) is 14.6. The first kappa shape index (κ1) is 19.9. The highest BCUT2D eigenvalue weighted by molar-refractivity contribution is 8.01. The average molecular weight is 385 g/mol. The number of rotatable bonds is 7. The Kier molecular flexibility index (Phi) is 6.65. The van der Waals surface area contributed by atoms with E-state index >= 15 is 0 Å². The first-order valence-corrected chi connectivity index (χ1v) is 10.0. The minimum Gasteiger partial charge on any atom is -0.476 e. The number of carboxylic acids is 1. The quantitative estimate of drug-likeness (QED) is 0.555. The first-order valence-electron chi connectivity index (χ1n) is 8.16. The number of carbonyl (C=O) groups excluding carboxylic acids is 1. The van der Waals surface area contributed by atoms with Gasteiger partial charge in [0.2, 0.25) is 5.91 Å². The van der Waals surface area contributed by atoms with E-state index in [0.717, 1.165) is 6.42 Å². The molecule has 1 aromatic heterocycles. The summed E-state index contributed by atoms with van der Waals surface area (Å²) in [5, 5.41) is 20.5. The molecule has 1 saturated heterocycles. The van der Waals surface area contributed by atoms with Crippen molar-refractivity contribution in [3.8, 4) is 0 Å². The molecule has 2 atom stereocenters. The molecule has 0 bridgehead atoms. The third kappa shape index (κ3) is 5.55. The lowest BCUT2D eigenvalue weighted by Gasteiger charge is -2.25. The number of nitrogens with zero attached hydrogens (tertiary/aromatic N) is 2. The van der Waals surface area contributed by atoms with E-state index in [4.69, 9.17) is 5.11 Å². The fourth-order valence-corrected chi connectivity index (χ4v) is 4.23. The minimum absolute atomic E-state index is 0.0102. The molecule has 25 heavy (non-hydrogen) atoms. The highest BCUT2D eigenvalue weighted by atomic mass is 32.2. The molecule has 8 heteroatoms. The summed E-state index contributed by atoms with van der Waals surface area (Å²) in [7, 11) is 0. The molecule has 138 valence electrons. The van der Waals surface area contributed by atoms with Gasteiger partial charge in [0.15, 0.2) is 10.0 Å². The van der Waals surface area contributed by atoms with E-state index in [0.29, 0.717) is 23.1 Å². The van der Waals surface area contributed by atoms with Crippen LogP contribution in [0, 0.1) is 5.41 Å². The zero-order valence-corrected chi connectivity index (χ0v) is 16.3. The lowest BCUT2D eigenvalue weighted by molar-refractivity contribution is -0.128. The van der Waals surface area contributed by atoms with Crippen LogP contribution in [0.25, 0.3) is 0 Å². The van der Waals surface area contributed by atoms with Gasteiger partial charge in [0.25, 0.3) is 0 Å². The molecular weight excluding hydrogens is 360 g/mol. The lowest BCUT2D eigenvalue weighted by Crippen LogP contribution is -2.34. The summed E-state index contributed by atoms with van der Waals surface area (Å²) in [4.78, 5) is 28.8. The Hall–Kier alpha value is -1.38. The molecule has 0 aliphatic carbocycles. The van der Waals surface area contributed by atoms with E-state index in [-0.39, 0.29) is 23.1 Å². The van der Waals surface area contributed by atoms with Gasteiger partial charge in [0.05, 0.1) is 12.1 Å². The van der Waals surface area contributed by atoms with Gasteiger partial charge in [0.1, 0.15) is 0 Å². The van der Waals surface area contributed by atoms with E-state index in [1.807, 2.05) is 31.7 Å². The number of amides is 1. The largest absolute Gasteiger partial charge is 0.476 e. The maximum Gasteiger partial charge on any atom is 0.355 e. The number of aliphatic hydroxyl groups is 1. The Morgan fingerprint density at radius 1 is 1.56 bits per heavy atom. The summed E-state index contributed by atoms with van der Waals surface area (Å²) in [6, 6.07) is 0.0102. The molecule has 0 unspecified atom stereocenters. The minimum atomic E-state index is -1.03. The van der Waals surface area contributed by atoms with Crippen molar-refractivity contribution in [1.29, 1.82) is 0 Å². The Morgan fingerprint density at radius 2 is 2.28 bits per heavy atom. The monoisotopic (exact) mass is 384 g/mol. The first-order chi connectivity index (χ1) is 11.7. The summed E-state index contributed by atoms with van der Waals surface area (Å²) in [5.41, 5.74) is -0.173. The second-order valence-electron chi connectivity index (χ2n) is 7.04. The number of aliphatic hydroxyl groups excluding tert-OH is 1. The highest BCUT2D eigenvalue weighted by Gasteiger charge is 2.29. The fourth-order valence-electron chi connectivity index (χ4n) is 2.42. The molecule has 6 nitrogen and oxygen atoms in total. The molecule has 1 aliphatic rings. The SMILES string of the molecule is CC(C)(C)[C@H](O)C=C[C@H]1CCC(=O)N1CCSc1nc(C(=O)O)cs1. The Balaban J connectivity index is 1.88. The molecule has 0 spiro atoms. The average Bonchev–Trinajstić information content (AvgIpc) is 3.12. The number of aromatic nitrogens is 1. The maximum absolute atomic E-state index is 12.1. The van der Waals surface area contributed by atoms with Crippen molar-refractivity contribution in [3.63, 3.8) is 0 Å². The summed E-state index contributed by atoms with van der Waals surface area (Å²) < 4.78 is 0.694. The topological polar surface area (TPSA) is 90.7 Å². The van der Waals surface area contributed by atoms with Crippen LogP contribution in [0.2, 0.25) is 0 Å². The number of hydrogen-bond acceptors (Lipinski definition) is 6. The molecule has 0 saturated carbocycles. The molecule has 0 radical (unpaired) electrons. The van der Waals surface area contributed by atoms with Gasteiger partial charge in [-0.1, -0.05) is 44.7 Å². The van der Waals surface area contributed by atoms with E-state index in [2.05, 4.69) is 4.98 Å². The van der Waals surface area contributed by atoms with Crippen LogP contribution in [0.4, 0.5) is 0 Å². The molecule has 2 N–H and O–H groups in total. The summed E-state index contributed by atoms with van der Waals surface area (Å²) in [5.74, 6) is -0.254. The standard InChI is InChI=1S/C17H24N2O4S2/c1-17(2,3)13(20)6-4-11-5-7-14(21)19(11)8-9-24-16-18-12(10-25-16)15(22)23/h4,6,10-11,13,20H,5,7-9H2,1-3H3,(H,22,23)/t11-,13+/m0/s1. The van der Waals surface area contributed by atoms with Crippen molar-refractivity contribution in [2.75, 3.05) is 12.3 Å². The molecule has 2 rings (SSSR count). The third-order valence-electron chi connectivity index (χ3n) is 4.04. The van der Waals surface area contributed by atoms with Crippen molar-refractivity contribution in [3.05, 3.63) is 23.2 Å². The van der Waals surface area contributed by atoms with E-state index in [9.17, 15) is 14.7 Å². The van der Waals surface area contributed by atoms with Crippen molar-refractivity contribution in [2.24, 2.45) is 5.41 Å². The molecule has 2 heterocycles. The molecule has 1 aliphatic heterocycles. The number of thioether (sulfide) groups is 1. The number of thiazole rings is 1. The van der Waals surface area contributed by atoms with Crippen LogP contribution in [-0.4, -0.2) is 56.4 Å². The summed E-state index contributed by atoms with van der Waals surface area (Å²) in [6.07, 6.45) is 4.44. The second kappa shape index (κ2) is 8.33. The number of likely N-dealkylation sites (tertiary alicyclic amines) is 1. The van der Waals surface area contributed by atoms with Gasteiger partial charge in [-0.3, -0.25) is 4.79 Å². The van der Waals surface area contributed by atoms with Crippen LogP contribution in [0.3, 0.4) is 0 Å². The van der Waals surface area contributed by atoms with Crippen molar-refractivity contribution in [1.82, 2.24) is 9.88 Å². The Bertz CT molecular complexity index is 651. The molecular formula is C17H24N2O4S2. The number of carboxylic acid groups (broad SMARTS) is 1. The van der Waals surface area contributed by atoms with Gasteiger partial charge in [-0.2, -0.15) is 0 Å². The predicted octanol–water partition coefficient (Wildman–Crippen LogP) is 2.89.